The molecule has 1 fully saturated rings. The minimum Gasteiger partial charge on any atom is -0.427 e. The van der Waals surface area contributed by atoms with Crippen LogP contribution < -0.4 is 0 Å². The maximum absolute atomic E-state index is 12.9. The Morgan fingerprint density at radius 2 is 1.94 bits per heavy atom. The minimum absolute atomic E-state index is 0.0605. The summed E-state index contributed by atoms with van der Waals surface area (Å²) >= 11 is 1.24. The summed E-state index contributed by atoms with van der Waals surface area (Å²) in [6.07, 6.45) is -0.513. The van der Waals surface area contributed by atoms with Gasteiger partial charge in [0.15, 0.2) is 0 Å². The summed E-state index contributed by atoms with van der Waals surface area (Å²) in [5, 5.41) is 11.8. The summed E-state index contributed by atoms with van der Waals surface area (Å²) < 4.78 is 10.2. The zero-order valence-corrected chi connectivity index (χ0v) is 19.8. The molecule has 174 valence electrons. The molecule has 3 rings (SSSR count). The first-order chi connectivity index (χ1) is 14.8. The van der Waals surface area contributed by atoms with Crippen molar-refractivity contribution in [3.8, 4) is 0 Å². The zero-order chi connectivity index (χ0) is 24.0. The molecule has 0 aliphatic carbocycles. The second-order valence-corrected chi connectivity index (χ2v) is 10.1. The number of carbonyl (C=O) groups excluding carboxylic acids is 4. The summed E-state index contributed by atoms with van der Waals surface area (Å²) in [6, 6.07) is 1.31. The molecule has 3 atom stereocenters. The van der Waals surface area contributed by atoms with E-state index in [2.05, 4.69) is 0 Å². The van der Waals surface area contributed by atoms with Gasteiger partial charge >= 0.3 is 11.9 Å². The molecule has 3 unspecified atom stereocenters. The Labute approximate surface area is 190 Å². The molecule has 2 aliphatic heterocycles. The fraction of sp³-hybridized carbons (Fsp3) is 0.545. The molecular weight excluding hydrogens is 436 g/mol. The van der Waals surface area contributed by atoms with Gasteiger partial charge in [0, 0.05) is 14.1 Å². The van der Waals surface area contributed by atoms with Gasteiger partial charge in [-0.25, -0.2) is 4.79 Å². The van der Waals surface area contributed by atoms with Crippen LogP contribution in [-0.2, 0) is 23.9 Å². The lowest BCUT2D eigenvalue weighted by Crippen LogP contribution is -2.61. The predicted octanol–water partition coefficient (Wildman–Crippen LogP) is 1.86. The number of thiophene rings is 1. The van der Waals surface area contributed by atoms with Crippen LogP contribution in [0.2, 0.25) is 0 Å². The molecule has 0 radical (unpaired) electrons. The van der Waals surface area contributed by atoms with Crippen LogP contribution in [0.1, 0.15) is 49.4 Å². The molecule has 10 heteroatoms. The zero-order valence-electron chi connectivity index (χ0n) is 19.0. The van der Waals surface area contributed by atoms with E-state index in [1.807, 2.05) is 0 Å². The Kier molecular flexibility index (Phi) is 6.48. The SMILES string of the molecule is CC(O)C1C(=O)N2C(C(=O)OCOC(=O)C(C)(C)C)=C(c3csc(C(=O)N(C)C)c3)CC12. The van der Waals surface area contributed by atoms with Crippen LogP contribution in [0.25, 0.3) is 5.57 Å². The average Bonchev–Trinajstić information content (AvgIpc) is 3.28. The lowest BCUT2D eigenvalue weighted by Gasteiger charge is -2.44. The van der Waals surface area contributed by atoms with Gasteiger partial charge in [0.1, 0.15) is 5.70 Å². The summed E-state index contributed by atoms with van der Waals surface area (Å²) in [4.78, 5) is 53.1. The van der Waals surface area contributed by atoms with Crippen LogP contribution in [0, 0.1) is 11.3 Å². The van der Waals surface area contributed by atoms with Crippen molar-refractivity contribution in [2.75, 3.05) is 20.9 Å². The number of hydrogen-bond donors (Lipinski definition) is 1. The first-order valence-electron chi connectivity index (χ1n) is 10.2. The summed E-state index contributed by atoms with van der Waals surface area (Å²) in [5.41, 5.74) is 0.516. The van der Waals surface area contributed by atoms with Gasteiger partial charge in [-0.3, -0.25) is 14.4 Å². The highest BCUT2D eigenvalue weighted by Crippen LogP contribution is 2.47. The van der Waals surface area contributed by atoms with Crippen molar-refractivity contribution in [3.63, 3.8) is 0 Å². The Morgan fingerprint density at radius 1 is 1.28 bits per heavy atom. The van der Waals surface area contributed by atoms with Crippen molar-refractivity contribution < 1.29 is 33.8 Å². The highest BCUT2D eigenvalue weighted by molar-refractivity contribution is 7.12. The number of aliphatic hydroxyl groups is 1. The van der Waals surface area contributed by atoms with Crippen LogP contribution >= 0.6 is 11.3 Å². The van der Waals surface area contributed by atoms with Gasteiger partial charge in [0.2, 0.25) is 12.7 Å². The number of esters is 2. The van der Waals surface area contributed by atoms with Gasteiger partial charge in [-0.1, -0.05) is 0 Å². The molecule has 1 aromatic rings. The number of β-lactam (4-membered cyclic amide) rings is 1. The van der Waals surface area contributed by atoms with E-state index in [-0.39, 0.29) is 23.6 Å². The molecule has 0 bridgehead atoms. The number of hydrogen-bond acceptors (Lipinski definition) is 8. The fourth-order valence-corrected chi connectivity index (χ4v) is 4.71. The van der Waals surface area contributed by atoms with E-state index in [4.69, 9.17) is 9.47 Å². The highest BCUT2D eigenvalue weighted by Gasteiger charge is 2.57. The number of aliphatic hydroxyl groups excluding tert-OH is 1. The fourth-order valence-electron chi connectivity index (χ4n) is 3.76. The van der Waals surface area contributed by atoms with Crippen molar-refractivity contribution in [1.29, 1.82) is 0 Å². The Bertz CT molecular complexity index is 987. The maximum Gasteiger partial charge on any atom is 0.358 e. The molecule has 0 spiro atoms. The van der Waals surface area contributed by atoms with Crippen LogP contribution in [0.15, 0.2) is 17.1 Å². The number of amides is 2. The first-order valence-corrected chi connectivity index (χ1v) is 11.1. The first kappa shape index (κ1) is 23.9. The van der Waals surface area contributed by atoms with Crippen molar-refractivity contribution >= 4 is 40.7 Å². The van der Waals surface area contributed by atoms with Gasteiger partial charge < -0.3 is 24.4 Å². The predicted molar refractivity (Wildman–Crippen MR) is 116 cm³/mol. The average molecular weight is 465 g/mol. The number of nitrogens with zero attached hydrogens (tertiary/aromatic N) is 2. The van der Waals surface area contributed by atoms with E-state index in [0.717, 1.165) is 0 Å². The third-order valence-corrected chi connectivity index (χ3v) is 6.40. The molecule has 1 N–H and O–H groups in total. The normalized spacial score (nSPS) is 21.1. The molecular formula is C22H28N2O7S. The van der Waals surface area contributed by atoms with Crippen LogP contribution in [0.5, 0.6) is 0 Å². The Morgan fingerprint density at radius 3 is 2.50 bits per heavy atom. The molecule has 2 amide bonds. The number of carbonyl (C=O) groups is 4. The standard InChI is InChI=1S/C22H28N2O7S/c1-11(25)16-14-8-13(12-7-15(32-9-12)18(26)23(5)6)17(24(14)19(16)27)20(28)30-10-31-21(29)22(2,3)4/h7,9,11,14,16,25H,8,10H2,1-6H3. The van der Waals surface area contributed by atoms with E-state index in [9.17, 15) is 24.3 Å². The van der Waals surface area contributed by atoms with E-state index in [1.54, 1.807) is 53.2 Å². The van der Waals surface area contributed by atoms with Crippen LogP contribution in [-0.4, -0.2) is 71.7 Å². The third kappa shape index (κ3) is 4.29. The lowest BCUT2D eigenvalue weighted by molar-refractivity contribution is -0.175. The Hall–Kier alpha value is -2.72. The largest absolute Gasteiger partial charge is 0.427 e. The molecule has 3 heterocycles. The van der Waals surface area contributed by atoms with Crippen molar-refractivity contribution in [2.24, 2.45) is 11.3 Å². The quantitative estimate of drug-likeness (QED) is 0.388. The Balaban J connectivity index is 1.87. The molecule has 1 saturated heterocycles. The molecule has 1 aromatic heterocycles. The number of ether oxygens (including phenoxy) is 2. The molecule has 9 nitrogen and oxygen atoms in total. The van der Waals surface area contributed by atoms with Gasteiger partial charge in [-0.15, -0.1) is 11.3 Å². The van der Waals surface area contributed by atoms with Gasteiger partial charge in [0.25, 0.3) is 5.91 Å². The van der Waals surface area contributed by atoms with Crippen molar-refractivity contribution in [1.82, 2.24) is 9.80 Å². The summed E-state index contributed by atoms with van der Waals surface area (Å²) in [5.74, 6) is -2.47. The molecule has 2 aliphatic rings. The molecule has 0 saturated carbocycles. The third-order valence-electron chi connectivity index (χ3n) is 5.48. The maximum atomic E-state index is 12.9. The van der Waals surface area contributed by atoms with Crippen LogP contribution in [0.4, 0.5) is 0 Å². The second-order valence-electron chi connectivity index (χ2n) is 9.20. The lowest BCUT2D eigenvalue weighted by atomic mass is 9.82. The summed E-state index contributed by atoms with van der Waals surface area (Å²) in [6.45, 7) is 6.00. The van der Waals surface area contributed by atoms with E-state index in [0.29, 0.717) is 22.4 Å². The van der Waals surface area contributed by atoms with E-state index < -0.39 is 36.2 Å². The number of rotatable bonds is 6. The van der Waals surface area contributed by atoms with Gasteiger partial charge in [0.05, 0.1) is 28.4 Å². The monoisotopic (exact) mass is 464 g/mol. The number of fused-ring (bicyclic) bond motifs is 1. The topological polar surface area (TPSA) is 113 Å². The van der Waals surface area contributed by atoms with Crippen LogP contribution in [0.3, 0.4) is 0 Å². The summed E-state index contributed by atoms with van der Waals surface area (Å²) in [7, 11) is 3.30. The van der Waals surface area contributed by atoms with Crippen molar-refractivity contribution in [2.45, 2.75) is 46.3 Å². The van der Waals surface area contributed by atoms with E-state index in [1.165, 1.54) is 21.1 Å². The van der Waals surface area contributed by atoms with Crippen molar-refractivity contribution in [3.05, 3.63) is 27.6 Å². The van der Waals surface area contributed by atoms with E-state index >= 15 is 0 Å². The second kappa shape index (κ2) is 8.67. The van der Waals surface area contributed by atoms with Gasteiger partial charge in [-0.2, -0.15) is 0 Å². The highest BCUT2D eigenvalue weighted by atomic mass is 32.1. The smallest absolute Gasteiger partial charge is 0.358 e. The van der Waals surface area contributed by atoms with Gasteiger partial charge in [-0.05, 0) is 56.7 Å². The molecule has 32 heavy (non-hydrogen) atoms. The molecule has 0 aromatic carbocycles. The minimum atomic E-state index is -0.860.